The Morgan fingerprint density at radius 3 is 3.05 bits per heavy atom. The van der Waals surface area contributed by atoms with Gasteiger partial charge in [-0.1, -0.05) is 12.1 Å². The molecule has 0 saturated carbocycles. The van der Waals surface area contributed by atoms with Crippen LogP contribution in [0, 0.1) is 10.1 Å². The lowest BCUT2D eigenvalue weighted by atomic mass is 10.1. The molecule has 1 aromatic rings. The molecule has 1 atom stereocenters. The van der Waals surface area contributed by atoms with Crippen LogP contribution >= 0.6 is 0 Å². The van der Waals surface area contributed by atoms with Crippen molar-refractivity contribution in [2.24, 2.45) is 0 Å². The van der Waals surface area contributed by atoms with Gasteiger partial charge in [-0.05, 0) is 18.6 Å². The molecular formula is C14H17N3O3. The second kappa shape index (κ2) is 6.29. The van der Waals surface area contributed by atoms with E-state index in [9.17, 15) is 14.9 Å². The second-order valence-corrected chi connectivity index (χ2v) is 4.77. The maximum atomic E-state index is 12.1. The highest BCUT2D eigenvalue weighted by molar-refractivity contribution is 5.92. The molecule has 106 valence electrons. The number of hydrogen-bond acceptors (Lipinski definition) is 4. The van der Waals surface area contributed by atoms with Gasteiger partial charge >= 0.3 is 0 Å². The largest absolute Gasteiger partial charge is 0.334 e. The number of rotatable bonds is 3. The molecule has 1 heterocycles. The molecule has 1 aliphatic heterocycles. The van der Waals surface area contributed by atoms with E-state index in [1.165, 1.54) is 18.2 Å². The normalized spacial score (nSPS) is 19.2. The number of piperazine rings is 1. The summed E-state index contributed by atoms with van der Waals surface area (Å²) in [5.41, 5.74) is 0.672. The molecule has 20 heavy (non-hydrogen) atoms. The van der Waals surface area contributed by atoms with E-state index < -0.39 is 4.92 Å². The summed E-state index contributed by atoms with van der Waals surface area (Å²) >= 11 is 0. The summed E-state index contributed by atoms with van der Waals surface area (Å²) in [4.78, 5) is 24.1. The van der Waals surface area contributed by atoms with E-state index in [-0.39, 0.29) is 17.6 Å². The molecule has 0 unspecified atom stereocenters. The van der Waals surface area contributed by atoms with E-state index in [1.807, 2.05) is 6.92 Å². The van der Waals surface area contributed by atoms with Crippen LogP contribution in [0.3, 0.4) is 0 Å². The molecule has 6 heteroatoms. The third kappa shape index (κ3) is 3.42. The van der Waals surface area contributed by atoms with Crippen molar-refractivity contribution in [2.45, 2.75) is 13.0 Å². The zero-order valence-corrected chi connectivity index (χ0v) is 11.3. The molecule has 2 rings (SSSR count). The summed E-state index contributed by atoms with van der Waals surface area (Å²) in [7, 11) is 0. The van der Waals surface area contributed by atoms with Crippen molar-refractivity contribution >= 4 is 17.7 Å². The van der Waals surface area contributed by atoms with Gasteiger partial charge in [-0.3, -0.25) is 14.9 Å². The lowest BCUT2D eigenvalue weighted by Crippen LogP contribution is -2.51. The molecule has 1 aromatic carbocycles. The Morgan fingerprint density at radius 1 is 1.55 bits per heavy atom. The number of non-ortho nitro benzene ring substituents is 1. The number of nitro groups is 1. The smallest absolute Gasteiger partial charge is 0.270 e. The maximum Gasteiger partial charge on any atom is 0.270 e. The maximum absolute atomic E-state index is 12.1. The van der Waals surface area contributed by atoms with Gasteiger partial charge in [0.15, 0.2) is 0 Å². The molecule has 1 fully saturated rings. The predicted octanol–water partition coefficient (Wildman–Crippen LogP) is 1.43. The van der Waals surface area contributed by atoms with Gasteiger partial charge in [-0.15, -0.1) is 0 Å². The highest BCUT2D eigenvalue weighted by atomic mass is 16.6. The number of carbonyl (C=O) groups is 1. The highest BCUT2D eigenvalue weighted by Gasteiger charge is 2.20. The molecule has 1 saturated heterocycles. The molecule has 0 aromatic heterocycles. The van der Waals surface area contributed by atoms with Crippen LogP contribution in [-0.4, -0.2) is 41.4 Å². The fourth-order valence-electron chi connectivity index (χ4n) is 2.17. The number of amides is 1. The van der Waals surface area contributed by atoms with Gasteiger partial charge in [0.05, 0.1) is 4.92 Å². The third-order valence-corrected chi connectivity index (χ3v) is 3.28. The van der Waals surface area contributed by atoms with Gasteiger partial charge < -0.3 is 10.2 Å². The van der Waals surface area contributed by atoms with Gasteiger partial charge in [0.2, 0.25) is 5.91 Å². The monoisotopic (exact) mass is 275 g/mol. The molecule has 0 spiro atoms. The Balaban J connectivity index is 2.06. The molecule has 1 N–H and O–H groups in total. The number of nitrogens with one attached hydrogen (secondary N) is 1. The second-order valence-electron chi connectivity index (χ2n) is 4.77. The van der Waals surface area contributed by atoms with Crippen molar-refractivity contribution in [2.75, 3.05) is 19.6 Å². The molecule has 0 aliphatic carbocycles. The molecule has 0 bridgehead atoms. The first-order valence-corrected chi connectivity index (χ1v) is 6.52. The Labute approximate surface area is 117 Å². The van der Waals surface area contributed by atoms with Crippen molar-refractivity contribution in [3.05, 3.63) is 46.0 Å². The first-order chi connectivity index (χ1) is 9.58. The van der Waals surface area contributed by atoms with E-state index in [2.05, 4.69) is 5.32 Å². The van der Waals surface area contributed by atoms with Crippen LogP contribution in [0.5, 0.6) is 0 Å². The Bertz CT molecular complexity index is 542. The minimum absolute atomic E-state index is 0.0233. The van der Waals surface area contributed by atoms with E-state index >= 15 is 0 Å². The summed E-state index contributed by atoms with van der Waals surface area (Å²) in [6.07, 6.45) is 3.09. The van der Waals surface area contributed by atoms with Crippen LogP contribution in [0.15, 0.2) is 30.3 Å². The topological polar surface area (TPSA) is 75.5 Å². The number of nitrogens with zero attached hydrogens (tertiary/aromatic N) is 2. The van der Waals surface area contributed by atoms with Crippen LogP contribution in [0.4, 0.5) is 5.69 Å². The minimum atomic E-state index is -0.447. The van der Waals surface area contributed by atoms with E-state index in [0.717, 1.165) is 13.1 Å². The van der Waals surface area contributed by atoms with Gasteiger partial charge in [-0.25, -0.2) is 0 Å². The zero-order valence-electron chi connectivity index (χ0n) is 11.3. The SMILES string of the molecule is C[C@H]1CNCCN1C(=O)/C=C/c1cccc([N+](=O)[O-])c1. The number of carbonyl (C=O) groups excluding carboxylic acids is 1. The standard InChI is InChI=1S/C14H17N3O3/c1-11-10-15-7-8-16(11)14(18)6-5-12-3-2-4-13(9-12)17(19)20/h2-6,9,11,15H,7-8,10H2,1H3/b6-5+/t11-/m0/s1. The van der Waals surface area contributed by atoms with Crippen LogP contribution in [-0.2, 0) is 4.79 Å². The Kier molecular flexibility index (Phi) is 4.47. The first kappa shape index (κ1) is 14.2. The van der Waals surface area contributed by atoms with Gasteiger partial charge in [0, 0.05) is 43.9 Å². The number of nitro benzene ring substituents is 1. The first-order valence-electron chi connectivity index (χ1n) is 6.52. The summed E-state index contributed by atoms with van der Waals surface area (Å²) < 4.78 is 0. The van der Waals surface area contributed by atoms with Crippen molar-refractivity contribution in [3.63, 3.8) is 0 Å². The van der Waals surface area contributed by atoms with Gasteiger partial charge in [0.25, 0.3) is 5.69 Å². The zero-order chi connectivity index (χ0) is 14.5. The fourth-order valence-corrected chi connectivity index (χ4v) is 2.17. The van der Waals surface area contributed by atoms with Crippen LogP contribution in [0.2, 0.25) is 0 Å². The van der Waals surface area contributed by atoms with Crippen molar-refractivity contribution in [3.8, 4) is 0 Å². The molecular weight excluding hydrogens is 258 g/mol. The van der Waals surface area contributed by atoms with E-state index in [0.29, 0.717) is 12.1 Å². The van der Waals surface area contributed by atoms with Crippen molar-refractivity contribution < 1.29 is 9.72 Å². The minimum Gasteiger partial charge on any atom is -0.334 e. The Morgan fingerprint density at radius 2 is 2.35 bits per heavy atom. The molecule has 1 amide bonds. The quantitative estimate of drug-likeness (QED) is 0.514. The lowest BCUT2D eigenvalue weighted by molar-refractivity contribution is -0.384. The van der Waals surface area contributed by atoms with E-state index in [4.69, 9.17) is 0 Å². The number of hydrogen-bond donors (Lipinski definition) is 1. The Hall–Kier alpha value is -2.21. The predicted molar refractivity (Wildman–Crippen MR) is 76.2 cm³/mol. The summed E-state index contributed by atoms with van der Waals surface area (Å²) in [5, 5.41) is 13.9. The highest BCUT2D eigenvalue weighted by Crippen LogP contribution is 2.14. The van der Waals surface area contributed by atoms with Crippen molar-refractivity contribution in [1.82, 2.24) is 10.2 Å². The average molecular weight is 275 g/mol. The average Bonchev–Trinajstić information content (AvgIpc) is 2.45. The third-order valence-electron chi connectivity index (χ3n) is 3.28. The van der Waals surface area contributed by atoms with Crippen LogP contribution in [0.25, 0.3) is 6.08 Å². The lowest BCUT2D eigenvalue weighted by Gasteiger charge is -2.33. The van der Waals surface area contributed by atoms with Crippen molar-refractivity contribution in [1.29, 1.82) is 0 Å². The fraction of sp³-hybridized carbons (Fsp3) is 0.357. The van der Waals surface area contributed by atoms with Gasteiger partial charge in [-0.2, -0.15) is 0 Å². The summed E-state index contributed by atoms with van der Waals surface area (Å²) in [5.74, 6) is -0.0643. The molecule has 0 radical (unpaired) electrons. The molecule has 6 nitrogen and oxygen atoms in total. The van der Waals surface area contributed by atoms with Crippen LogP contribution in [0.1, 0.15) is 12.5 Å². The van der Waals surface area contributed by atoms with E-state index in [1.54, 1.807) is 23.1 Å². The summed E-state index contributed by atoms with van der Waals surface area (Å²) in [6, 6.07) is 6.38. The molecule has 1 aliphatic rings. The summed E-state index contributed by atoms with van der Waals surface area (Å²) in [6.45, 7) is 4.25. The number of benzene rings is 1. The van der Waals surface area contributed by atoms with Gasteiger partial charge in [0.1, 0.15) is 0 Å². The van der Waals surface area contributed by atoms with Crippen LogP contribution < -0.4 is 5.32 Å².